The fourth-order valence-electron chi connectivity index (χ4n) is 4.71. The third-order valence-electron chi connectivity index (χ3n) is 6.26. The lowest BCUT2D eigenvalue weighted by Crippen LogP contribution is -2.58. The van der Waals surface area contributed by atoms with Gasteiger partial charge in [-0.15, -0.1) is 0 Å². The number of hydrogen-bond acceptors (Lipinski definition) is 6. The van der Waals surface area contributed by atoms with Crippen molar-refractivity contribution in [2.24, 2.45) is 4.99 Å². The fourth-order valence-corrected chi connectivity index (χ4v) is 4.71. The molecule has 2 saturated heterocycles. The van der Waals surface area contributed by atoms with Gasteiger partial charge in [0.15, 0.2) is 5.82 Å². The maximum atomic E-state index is 15.0. The molecule has 3 atom stereocenters. The summed E-state index contributed by atoms with van der Waals surface area (Å²) in [5.41, 5.74) is 2.23. The third kappa shape index (κ3) is 3.75. The first-order valence-corrected chi connectivity index (χ1v) is 10.9. The van der Waals surface area contributed by atoms with E-state index in [0.29, 0.717) is 24.6 Å². The number of rotatable bonds is 4. The molecular formula is C23H26F2N6O. The average molecular weight is 440 g/mol. The predicted molar refractivity (Wildman–Crippen MR) is 120 cm³/mol. The first kappa shape index (κ1) is 21.0. The molecule has 168 valence electrons. The molecule has 0 amide bonds. The first-order chi connectivity index (χ1) is 15.5. The van der Waals surface area contributed by atoms with Crippen molar-refractivity contribution >= 4 is 23.2 Å². The van der Waals surface area contributed by atoms with Crippen molar-refractivity contribution in [1.82, 2.24) is 19.9 Å². The van der Waals surface area contributed by atoms with Gasteiger partial charge in [0.1, 0.15) is 11.3 Å². The number of nitrogens with zero attached hydrogens (tertiary/aromatic N) is 5. The lowest BCUT2D eigenvalue weighted by molar-refractivity contribution is -0.0137. The molecule has 2 aliphatic rings. The van der Waals surface area contributed by atoms with Crippen LogP contribution >= 0.6 is 0 Å². The molecule has 7 nitrogen and oxygen atoms in total. The Balaban J connectivity index is 1.58. The minimum Gasteiger partial charge on any atom is -0.375 e. The number of piperidine rings is 1. The van der Waals surface area contributed by atoms with E-state index in [0.717, 1.165) is 36.8 Å². The molecule has 2 aromatic heterocycles. The van der Waals surface area contributed by atoms with Crippen LogP contribution in [0.2, 0.25) is 0 Å². The second kappa shape index (κ2) is 8.55. The Morgan fingerprint density at radius 3 is 2.97 bits per heavy atom. The molecule has 32 heavy (non-hydrogen) atoms. The van der Waals surface area contributed by atoms with E-state index < -0.39 is 11.6 Å². The zero-order chi connectivity index (χ0) is 22.2. The lowest BCUT2D eigenvalue weighted by atomic mass is 10.0. The van der Waals surface area contributed by atoms with E-state index in [9.17, 15) is 4.39 Å². The van der Waals surface area contributed by atoms with Gasteiger partial charge < -0.3 is 15.0 Å². The average Bonchev–Trinajstić information content (AvgIpc) is 3.18. The van der Waals surface area contributed by atoms with Crippen LogP contribution in [0.4, 0.5) is 14.7 Å². The van der Waals surface area contributed by atoms with Crippen molar-refractivity contribution in [2.45, 2.75) is 31.5 Å². The molecule has 2 aliphatic heterocycles. The van der Waals surface area contributed by atoms with Crippen LogP contribution in [-0.4, -0.2) is 66.2 Å². The Bertz CT molecular complexity index is 1150. The van der Waals surface area contributed by atoms with Crippen LogP contribution in [0.1, 0.15) is 30.6 Å². The molecule has 1 N–H and O–H groups in total. The Labute approximate surface area is 185 Å². The van der Waals surface area contributed by atoms with Crippen molar-refractivity contribution in [2.75, 3.05) is 38.2 Å². The van der Waals surface area contributed by atoms with Gasteiger partial charge in [0.05, 0.1) is 36.0 Å². The second-order valence-corrected chi connectivity index (χ2v) is 8.32. The molecule has 1 aromatic carbocycles. The number of nitrogens with one attached hydrogen (secondary N) is 1. The van der Waals surface area contributed by atoms with Crippen molar-refractivity contribution in [3.8, 4) is 0 Å². The Hall–Kier alpha value is -2.91. The Morgan fingerprint density at radius 2 is 2.19 bits per heavy atom. The van der Waals surface area contributed by atoms with E-state index in [-0.39, 0.29) is 23.7 Å². The highest BCUT2D eigenvalue weighted by molar-refractivity contribution is 5.80. The molecule has 3 aromatic rings. The molecule has 0 unspecified atom stereocenters. The highest BCUT2D eigenvalue weighted by atomic mass is 19.1. The van der Waals surface area contributed by atoms with Crippen LogP contribution in [-0.2, 0) is 4.74 Å². The quantitative estimate of drug-likeness (QED) is 0.632. The minimum atomic E-state index is -0.638. The largest absolute Gasteiger partial charge is 0.375 e. The molecular weight excluding hydrogens is 414 g/mol. The number of pyridine rings is 1. The molecule has 0 radical (unpaired) electrons. The van der Waals surface area contributed by atoms with Crippen LogP contribution in [0.5, 0.6) is 0 Å². The van der Waals surface area contributed by atoms with Gasteiger partial charge in [-0.05, 0) is 19.4 Å². The van der Waals surface area contributed by atoms with E-state index in [1.807, 2.05) is 23.6 Å². The van der Waals surface area contributed by atoms with E-state index in [4.69, 9.17) is 4.74 Å². The van der Waals surface area contributed by atoms with Crippen LogP contribution in [0.25, 0.3) is 11.0 Å². The molecule has 0 saturated carbocycles. The maximum absolute atomic E-state index is 15.0. The fraction of sp³-hybridized carbons (Fsp3) is 0.435. The number of hydrogen-bond donors (Lipinski definition) is 1. The number of fused-ring (bicyclic) bond motifs is 2. The number of imidazole rings is 1. The lowest BCUT2D eigenvalue weighted by Gasteiger charge is -2.42. The number of ether oxygens (including phenoxy) is 1. The number of halogens is 2. The maximum Gasteiger partial charge on any atom is 0.207 e. The zero-order valence-corrected chi connectivity index (χ0v) is 18.1. The number of benzene rings is 1. The molecule has 4 heterocycles. The number of morpholine rings is 1. The van der Waals surface area contributed by atoms with E-state index in [2.05, 4.69) is 25.2 Å². The van der Waals surface area contributed by atoms with Gasteiger partial charge in [0.25, 0.3) is 0 Å². The van der Waals surface area contributed by atoms with E-state index in [1.165, 1.54) is 6.07 Å². The summed E-state index contributed by atoms with van der Waals surface area (Å²) in [5.74, 6) is -0.653. The molecule has 9 heteroatoms. The van der Waals surface area contributed by atoms with Crippen LogP contribution in [0.3, 0.4) is 0 Å². The number of aromatic nitrogens is 3. The summed E-state index contributed by atoms with van der Waals surface area (Å²) in [6.45, 7) is 4.88. The zero-order valence-electron chi connectivity index (χ0n) is 18.1. The van der Waals surface area contributed by atoms with Crippen molar-refractivity contribution in [3.63, 3.8) is 0 Å². The minimum absolute atomic E-state index is 0.166. The Kier molecular flexibility index (Phi) is 5.60. The highest BCUT2D eigenvalue weighted by Gasteiger charge is 2.35. The summed E-state index contributed by atoms with van der Waals surface area (Å²) < 4.78 is 36.7. The third-order valence-corrected chi connectivity index (χ3v) is 6.26. The molecule has 0 spiro atoms. The normalized spacial score (nSPS) is 22.4. The van der Waals surface area contributed by atoms with E-state index >= 15 is 4.39 Å². The van der Waals surface area contributed by atoms with Gasteiger partial charge in [0, 0.05) is 56.8 Å². The number of aliphatic imine (C=N–C) groups is 1. The molecule has 0 bridgehead atoms. The smallest absolute Gasteiger partial charge is 0.207 e. The SMILES string of the molecule is C/N=C/c1ccc([C@H](C)n2c(N3CC[C@H]4OCCN[C@@H]4C3)nc3cc(F)cc(F)c32)nc1. The standard InChI is InChI=1S/C23H26F2N6O/c1-14(18-4-3-15(11-26-2)12-28-18)31-22-17(25)9-16(24)10-19(22)29-23(31)30-7-5-21-20(13-30)27-6-8-32-21/h3-4,9-12,14,20-21,27H,5-8,13H2,1-2H3/b26-11+/t14-,20+,21+/m0/s1. The van der Waals surface area contributed by atoms with Gasteiger partial charge in [-0.2, -0.15) is 0 Å². The Morgan fingerprint density at radius 1 is 1.31 bits per heavy atom. The summed E-state index contributed by atoms with van der Waals surface area (Å²) in [5, 5.41) is 3.51. The first-order valence-electron chi connectivity index (χ1n) is 10.9. The van der Waals surface area contributed by atoms with Crippen LogP contribution in [0.15, 0.2) is 35.5 Å². The second-order valence-electron chi connectivity index (χ2n) is 8.32. The van der Waals surface area contributed by atoms with Gasteiger partial charge >= 0.3 is 0 Å². The summed E-state index contributed by atoms with van der Waals surface area (Å²) >= 11 is 0. The topological polar surface area (TPSA) is 67.6 Å². The van der Waals surface area contributed by atoms with Gasteiger partial charge in [-0.25, -0.2) is 13.8 Å². The molecule has 2 fully saturated rings. The van der Waals surface area contributed by atoms with Gasteiger partial charge in [-0.1, -0.05) is 6.07 Å². The van der Waals surface area contributed by atoms with Crippen LogP contribution < -0.4 is 10.2 Å². The number of anilines is 1. The van der Waals surface area contributed by atoms with Crippen molar-refractivity contribution in [1.29, 1.82) is 0 Å². The van der Waals surface area contributed by atoms with Gasteiger partial charge in [0.2, 0.25) is 5.95 Å². The van der Waals surface area contributed by atoms with E-state index in [1.54, 1.807) is 19.5 Å². The summed E-state index contributed by atoms with van der Waals surface area (Å²) in [6, 6.07) is 5.89. The van der Waals surface area contributed by atoms with Gasteiger partial charge in [-0.3, -0.25) is 14.5 Å². The summed E-state index contributed by atoms with van der Waals surface area (Å²) in [7, 11) is 1.71. The van der Waals surface area contributed by atoms with Crippen molar-refractivity contribution in [3.05, 3.63) is 53.4 Å². The van der Waals surface area contributed by atoms with Crippen molar-refractivity contribution < 1.29 is 13.5 Å². The van der Waals surface area contributed by atoms with Crippen LogP contribution in [0, 0.1) is 11.6 Å². The highest BCUT2D eigenvalue weighted by Crippen LogP contribution is 2.33. The molecule has 0 aliphatic carbocycles. The summed E-state index contributed by atoms with van der Waals surface area (Å²) in [6.07, 6.45) is 4.47. The predicted octanol–water partition coefficient (Wildman–Crippen LogP) is 2.93. The monoisotopic (exact) mass is 440 g/mol. The summed E-state index contributed by atoms with van der Waals surface area (Å²) in [4.78, 5) is 15.4. The molecule has 5 rings (SSSR count).